The van der Waals surface area contributed by atoms with Crippen molar-refractivity contribution in [1.82, 2.24) is 0 Å². The Labute approximate surface area is 103 Å². The molecular weight excluding hydrogens is 220 g/mol. The van der Waals surface area contributed by atoms with E-state index in [1.54, 1.807) is 5.41 Å². The summed E-state index contributed by atoms with van der Waals surface area (Å²) in [5.41, 5.74) is 8.89. The minimum atomic E-state index is 0.0181. The van der Waals surface area contributed by atoms with E-state index in [2.05, 4.69) is 17.6 Å². The Hall–Kier alpha value is -1.00. The number of aliphatic hydroxyl groups is 1. The third kappa shape index (κ3) is 5.78. The van der Waals surface area contributed by atoms with Crippen molar-refractivity contribution in [2.75, 3.05) is 13.2 Å². The first-order valence-corrected chi connectivity index (χ1v) is 5.62. The van der Waals surface area contributed by atoms with Crippen molar-refractivity contribution in [3.05, 3.63) is 34.3 Å². The summed E-state index contributed by atoms with van der Waals surface area (Å²) in [6, 6.07) is 0. The van der Waals surface area contributed by atoms with Crippen LogP contribution in [0, 0.1) is 0 Å². The average Bonchev–Trinajstić information content (AvgIpc) is 2.25. The molecule has 16 heavy (non-hydrogen) atoms. The first-order chi connectivity index (χ1) is 7.52. The lowest BCUT2D eigenvalue weighted by Gasteiger charge is -2.03. The van der Waals surface area contributed by atoms with Crippen molar-refractivity contribution in [2.24, 2.45) is 10.7 Å². The van der Waals surface area contributed by atoms with E-state index < -0.39 is 0 Å². The molecule has 0 saturated heterocycles. The maximum Gasteiger partial charge on any atom is 0.121 e. The first kappa shape index (κ1) is 15.0. The standard InChI is InChI=1S/C12H20N2OS/c1-9(4-7-16)10(2)8-11(3)12(13)14-5-6-15/h4,7-8,15-16H,5-6H2,1-3H3,(H2,13,14)/b7-4-,10-9+,11-8+. The number of hydrogen-bond acceptors (Lipinski definition) is 3. The highest BCUT2D eigenvalue weighted by molar-refractivity contribution is 7.83. The minimum absolute atomic E-state index is 0.0181. The van der Waals surface area contributed by atoms with Gasteiger partial charge < -0.3 is 10.8 Å². The van der Waals surface area contributed by atoms with Crippen molar-refractivity contribution in [3.63, 3.8) is 0 Å². The number of nitrogens with zero attached hydrogens (tertiary/aromatic N) is 1. The summed E-state index contributed by atoms with van der Waals surface area (Å²) in [5, 5.41) is 10.3. The van der Waals surface area contributed by atoms with E-state index in [0.717, 1.165) is 16.7 Å². The maximum absolute atomic E-state index is 8.63. The molecule has 0 aliphatic carbocycles. The van der Waals surface area contributed by atoms with Gasteiger partial charge in [-0.1, -0.05) is 12.2 Å². The molecule has 4 heteroatoms. The molecule has 3 nitrogen and oxygen atoms in total. The molecule has 0 aliphatic heterocycles. The maximum atomic E-state index is 8.63. The van der Waals surface area contributed by atoms with Crippen LogP contribution in [0.2, 0.25) is 0 Å². The summed E-state index contributed by atoms with van der Waals surface area (Å²) in [4.78, 5) is 4.02. The Bertz CT molecular complexity index is 341. The quantitative estimate of drug-likeness (QED) is 0.298. The number of allylic oxidation sites excluding steroid dienone is 4. The number of aliphatic hydroxyl groups excluding tert-OH is 1. The second-order valence-corrected chi connectivity index (χ2v) is 3.80. The summed E-state index contributed by atoms with van der Waals surface area (Å²) >= 11 is 4.02. The van der Waals surface area contributed by atoms with Crippen LogP contribution >= 0.6 is 12.6 Å². The number of nitrogens with two attached hydrogens (primary N) is 1. The van der Waals surface area contributed by atoms with Crippen LogP contribution in [0.15, 0.2) is 39.3 Å². The molecular formula is C12H20N2OS. The lowest BCUT2D eigenvalue weighted by atomic mass is 10.1. The van der Waals surface area contributed by atoms with E-state index in [1.807, 2.05) is 32.9 Å². The number of thiol groups is 1. The van der Waals surface area contributed by atoms with Gasteiger partial charge in [0.1, 0.15) is 5.84 Å². The van der Waals surface area contributed by atoms with Gasteiger partial charge in [-0.25, -0.2) is 0 Å². The van der Waals surface area contributed by atoms with Crippen molar-refractivity contribution >= 4 is 18.5 Å². The molecule has 0 unspecified atom stereocenters. The smallest absolute Gasteiger partial charge is 0.121 e. The van der Waals surface area contributed by atoms with Crippen LogP contribution < -0.4 is 5.73 Å². The van der Waals surface area contributed by atoms with Crippen LogP contribution in [-0.2, 0) is 0 Å². The number of amidine groups is 1. The summed E-state index contributed by atoms with van der Waals surface area (Å²) < 4.78 is 0. The summed E-state index contributed by atoms with van der Waals surface area (Å²) in [6.45, 7) is 6.27. The highest BCUT2D eigenvalue weighted by Crippen LogP contribution is 2.09. The molecule has 0 aromatic rings. The van der Waals surface area contributed by atoms with Crippen molar-refractivity contribution in [3.8, 4) is 0 Å². The van der Waals surface area contributed by atoms with Crippen molar-refractivity contribution in [2.45, 2.75) is 20.8 Å². The number of aliphatic imine (C=N–C) groups is 1. The zero-order valence-electron chi connectivity index (χ0n) is 10.1. The normalized spacial score (nSPS) is 15.6. The summed E-state index contributed by atoms with van der Waals surface area (Å²) in [7, 11) is 0. The SMILES string of the molecule is C\C(=C/C(C)=C(C)/C=C\S)C(N)=NCCO. The molecule has 0 amide bonds. The lowest BCUT2D eigenvalue weighted by Crippen LogP contribution is -2.14. The van der Waals surface area contributed by atoms with Gasteiger partial charge in [-0.15, -0.1) is 0 Å². The molecule has 0 aromatic heterocycles. The third-order valence-electron chi connectivity index (χ3n) is 2.17. The molecule has 0 bridgehead atoms. The molecule has 0 aromatic carbocycles. The Morgan fingerprint density at radius 3 is 2.44 bits per heavy atom. The summed E-state index contributed by atoms with van der Waals surface area (Å²) in [5.74, 6) is 0.469. The first-order valence-electron chi connectivity index (χ1n) is 5.10. The lowest BCUT2D eigenvalue weighted by molar-refractivity contribution is 0.307. The number of rotatable bonds is 5. The van der Waals surface area contributed by atoms with Gasteiger partial charge in [-0.2, -0.15) is 12.6 Å². The largest absolute Gasteiger partial charge is 0.394 e. The average molecular weight is 240 g/mol. The minimum Gasteiger partial charge on any atom is -0.394 e. The van der Waals surface area contributed by atoms with Crippen LogP contribution in [0.25, 0.3) is 0 Å². The van der Waals surface area contributed by atoms with Gasteiger partial charge in [0.05, 0.1) is 13.2 Å². The van der Waals surface area contributed by atoms with Crippen LogP contribution in [0.4, 0.5) is 0 Å². The van der Waals surface area contributed by atoms with Crippen LogP contribution in [0.3, 0.4) is 0 Å². The predicted molar refractivity (Wildman–Crippen MR) is 73.8 cm³/mol. The molecule has 0 heterocycles. The second-order valence-electron chi connectivity index (χ2n) is 3.50. The van der Waals surface area contributed by atoms with Crippen LogP contribution in [0.1, 0.15) is 20.8 Å². The Kier molecular flexibility index (Phi) is 7.68. The van der Waals surface area contributed by atoms with Gasteiger partial charge >= 0.3 is 0 Å². The zero-order valence-corrected chi connectivity index (χ0v) is 11.0. The molecule has 0 atom stereocenters. The van der Waals surface area contributed by atoms with Gasteiger partial charge in [-0.05, 0) is 42.9 Å². The fourth-order valence-corrected chi connectivity index (χ4v) is 1.27. The monoisotopic (exact) mass is 240 g/mol. The Balaban J connectivity index is 4.84. The van der Waals surface area contributed by atoms with E-state index in [9.17, 15) is 0 Å². The van der Waals surface area contributed by atoms with Gasteiger partial charge in [0.25, 0.3) is 0 Å². The molecule has 0 fully saturated rings. The van der Waals surface area contributed by atoms with E-state index in [0.29, 0.717) is 12.4 Å². The molecule has 0 saturated carbocycles. The van der Waals surface area contributed by atoms with E-state index in [4.69, 9.17) is 10.8 Å². The van der Waals surface area contributed by atoms with E-state index in [-0.39, 0.29) is 6.61 Å². The topological polar surface area (TPSA) is 58.6 Å². The fourth-order valence-electron chi connectivity index (χ4n) is 1.05. The molecule has 0 radical (unpaired) electrons. The second kappa shape index (κ2) is 8.19. The molecule has 0 rings (SSSR count). The van der Waals surface area contributed by atoms with Crippen LogP contribution in [-0.4, -0.2) is 24.1 Å². The van der Waals surface area contributed by atoms with Gasteiger partial charge in [0.15, 0.2) is 0 Å². The van der Waals surface area contributed by atoms with Gasteiger partial charge in [-0.3, -0.25) is 4.99 Å². The predicted octanol–water partition coefficient (Wildman–Crippen LogP) is 2.06. The Morgan fingerprint density at radius 1 is 1.31 bits per heavy atom. The van der Waals surface area contributed by atoms with E-state index >= 15 is 0 Å². The fraction of sp³-hybridized carbons (Fsp3) is 0.417. The van der Waals surface area contributed by atoms with Gasteiger partial charge in [0, 0.05) is 0 Å². The highest BCUT2D eigenvalue weighted by atomic mass is 32.1. The third-order valence-corrected chi connectivity index (χ3v) is 2.31. The van der Waals surface area contributed by atoms with Crippen molar-refractivity contribution < 1.29 is 5.11 Å². The molecule has 0 aliphatic rings. The van der Waals surface area contributed by atoms with E-state index in [1.165, 1.54) is 0 Å². The van der Waals surface area contributed by atoms with Gasteiger partial charge in [0.2, 0.25) is 0 Å². The van der Waals surface area contributed by atoms with Crippen molar-refractivity contribution in [1.29, 1.82) is 0 Å². The highest BCUT2D eigenvalue weighted by Gasteiger charge is 1.97. The summed E-state index contributed by atoms with van der Waals surface area (Å²) in [6.07, 6.45) is 3.89. The number of hydrogen-bond donors (Lipinski definition) is 3. The molecule has 90 valence electrons. The molecule has 3 N–H and O–H groups in total. The molecule has 0 spiro atoms. The Morgan fingerprint density at radius 2 is 1.94 bits per heavy atom. The zero-order chi connectivity index (χ0) is 12.6. The van der Waals surface area contributed by atoms with Crippen LogP contribution in [0.5, 0.6) is 0 Å².